The van der Waals surface area contributed by atoms with E-state index in [-0.39, 0.29) is 71.6 Å². The van der Waals surface area contributed by atoms with Crippen molar-refractivity contribution in [1.29, 1.82) is 0 Å². The number of esters is 12. The summed E-state index contributed by atoms with van der Waals surface area (Å²) in [5, 5.41) is 0. The molecule has 546 valence electrons. The Morgan fingerprint density at radius 2 is 0.200 bits per heavy atom. The van der Waals surface area contributed by atoms with Gasteiger partial charge >= 0.3 is 71.6 Å². The zero-order valence-corrected chi connectivity index (χ0v) is 62.8. The molecule has 0 saturated heterocycles. The molecule has 0 amide bonds. The first-order valence-corrected chi connectivity index (χ1v) is 31.6. The predicted molar refractivity (Wildman–Crippen MR) is 357 cm³/mol. The number of carbonyl (C=O) groups is 12. The summed E-state index contributed by atoms with van der Waals surface area (Å²) >= 11 is 0. The van der Waals surface area contributed by atoms with Crippen molar-refractivity contribution in [3.8, 4) is 0 Å². The molecule has 24 nitrogen and oxygen atoms in total. The van der Waals surface area contributed by atoms with Crippen molar-refractivity contribution < 1.29 is 114 Å². The molecule has 0 radical (unpaired) electrons. The highest BCUT2D eigenvalue weighted by Gasteiger charge is 1.88. The second kappa shape index (κ2) is 128. The van der Waals surface area contributed by atoms with Crippen molar-refractivity contribution in [2.75, 3.05) is 79.3 Å². The average molecular weight is 1320 g/mol. The van der Waals surface area contributed by atoms with Crippen LogP contribution in [0, 0.1) is 0 Å². The zero-order valence-electron chi connectivity index (χ0n) is 62.8. The van der Waals surface area contributed by atoms with Crippen LogP contribution >= 0.6 is 0 Å². The van der Waals surface area contributed by atoms with Crippen molar-refractivity contribution in [2.24, 2.45) is 0 Å². The highest BCUT2D eigenvalue weighted by molar-refractivity contribution is 5.68. The third-order valence-corrected chi connectivity index (χ3v) is 7.04. The van der Waals surface area contributed by atoms with Crippen LogP contribution in [-0.4, -0.2) is 151 Å². The summed E-state index contributed by atoms with van der Waals surface area (Å²) < 4.78 is 52.8. The Bertz CT molecular complexity index is 1110. The van der Waals surface area contributed by atoms with E-state index >= 15 is 0 Å². The minimum Gasteiger partial charge on any atom is -0.466 e. The molecule has 0 rings (SSSR count). The number of hydrogen-bond acceptors (Lipinski definition) is 24. The molecule has 0 heterocycles. The van der Waals surface area contributed by atoms with Gasteiger partial charge in [0.2, 0.25) is 0 Å². The minimum absolute atomic E-state index is 0.211. The maximum absolute atomic E-state index is 9.82. The Morgan fingerprint density at radius 1 is 0.144 bits per heavy atom. The van der Waals surface area contributed by atoms with Crippen LogP contribution < -0.4 is 0 Å². The summed E-state index contributed by atoms with van der Waals surface area (Å²) in [4.78, 5) is 118. The van der Waals surface area contributed by atoms with E-state index in [0.29, 0.717) is 79.3 Å². The van der Waals surface area contributed by atoms with Gasteiger partial charge in [-0.1, -0.05) is 119 Å². The molecular formula is C66H138O24. The van der Waals surface area contributed by atoms with E-state index in [9.17, 15) is 57.5 Å². The van der Waals surface area contributed by atoms with Crippen LogP contribution in [-0.2, 0) is 114 Å². The Balaban J connectivity index is -0.0000000515. The lowest BCUT2D eigenvalue weighted by Gasteiger charge is -1.89. The van der Waals surface area contributed by atoms with Crippen LogP contribution in [0.1, 0.15) is 285 Å². The molecule has 0 aromatic rings. The smallest absolute Gasteiger partial charge is 0.302 e. The van der Waals surface area contributed by atoms with E-state index in [1.807, 2.05) is 0 Å². The molecule has 0 fully saturated rings. The lowest BCUT2D eigenvalue weighted by atomic mass is 10.2. The average Bonchev–Trinajstić information content (AvgIpc) is 3.41. The van der Waals surface area contributed by atoms with Crippen LogP contribution in [0.2, 0.25) is 0 Å². The molecule has 0 unspecified atom stereocenters. The normalized spacial score (nSPS) is 7.93. The van der Waals surface area contributed by atoms with Crippen LogP contribution in [0.5, 0.6) is 0 Å². The van der Waals surface area contributed by atoms with Gasteiger partial charge in [0.1, 0.15) is 0 Å². The topological polar surface area (TPSA) is 316 Å². The minimum atomic E-state index is -0.211. The maximum atomic E-state index is 9.82. The molecule has 90 heavy (non-hydrogen) atoms. The summed E-state index contributed by atoms with van der Waals surface area (Å²) in [7, 11) is 0. The summed E-state index contributed by atoms with van der Waals surface area (Å²) in [6, 6.07) is 0. The van der Waals surface area contributed by atoms with Crippen LogP contribution in [0.3, 0.4) is 0 Å². The summed E-state index contributed by atoms with van der Waals surface area (Å²) in [6.45, 7) is 57.2. The fourth-order valence-electron chi connectivity index (χ4n) is 3.94. The molecule has 0 aromatic carbocycles. The lowest BCUT2D eigenvalue weighted by molar-refractivity contribution is -0.141. The number of carbonyl (C=O) groups excluding carboxylic acids is 12. The highest BCUT2D eigenvalue weighted by atomic mass is 16.6. The summed E-state index contributed by atoms with van der Waals surface area (Å²) in [5.74, 6) is -2.53. The van der Waals surface area contributed by atoms with Crippen molar-refractivity contribution in [2.45, 2.75) is 285 Å². The summed E-state index contributed by atoms with van der Waals surface area (Å²) in [6.07, 6.45) is 16.6. The molecular weight excluding hydrogens is 1180 g/mol. The van der Waals surface area contributed by atoms with Gasteiger partial charge in [0.25, 0.3) is 0 Å². The quantitative estimate of drug-likeness (QED) is 0.0585. The highest BCUT2D eigenvalue weighted by Crippen LogP contribution is 1.96. The predicted octanol–water partition coefficient (Wildman–Crippen LogP) is 14.6. The standard InChI is InChI=1S/3C6H14.12C4H8O2/c3*1-3-5-6-4-2;12*1-3-6-4(2)5/h3*3-6H2,1-2H3;12*3H2,1-2H3. The van der Waals surface area contributed by atoms with Gasteiger partial charge in [-0.25, -0.2) is 0 Å². The fraction of sp³-hybridized carbons (Fsp3) is 0.818. The monoisotopic (exact) mass is 1310 g/mol. The third-order valence-electron chi connectivity index (χ3n) is 7.04. The molecule has 0 aliphatic rings. The van der Waals surface area contributed by atoms with Gasteiger partial charge < -0.3 is 56.8 Å². The van der Waals surface area contributed by atoms with Crippen LogP contribution in [0.25, 0.3) is 0 Å². The van der Waals surface area contributed by atoms with Crippen molar-refractivity contribution in [3.05, 3.63) is 0 Å². The van der Waals surface area contributed by atoms with Crippen molar-refractivity contribution in [3.63, 3.8) is 0 Å². The first-order valence-electron chi connectivity index (χ1n) is 31.6. The van der Waals surface area contributed by atoms with E-state index in [1.54, 1.807) is 83.1 Å². The van der Waals surface area contributed by atoms with Gasteiger partial charge in [-0.3, -0.25) is 57.5 Å². The zero-order chi connectivity index (χ0) is 74.4. The first-order chi connectivity index (χ1) is 42.0. The maximum Gasteiger partial charge on any atom is 0.302 e. The molecule has 0 spiro atoms. The summed E-state index contributed by atoms with van der Waals surface area (Å²) in [5.41, 5.74) is 0. The molecule has 0 N–H and O–H groups in total. The molecule has 0 aromatic heterocycles. The Hall–Kier alpha value is -6.36. The van der Waals surface area contributed by atoms with Crippen molar-refractivity contribution >= 4 is 71.6 Å². The van der Waals surface area contributed by atoms with E-state index < -0.39 is 0 Å². The van der Waals surface area contributed by atoms with Gasteiger partial charge in [0.15, 0.2) is 0 Å². The number of hydrogen-bond donors (Lipinski definition) is 0. The Morgan fingerprint density at radius 3 is 0.211 bits per heavy atom. The number of unbranched alkanes of at least 4 members (excludes halogenated alkanes) is 9. The third kappa shape index (κ3) is 356. The van der Waals surface area contributed by atoms with Gasteiger partial charge in [0, 0.05) is 83.1 Å². The molecule has 24 heteroatoms. The van der Waals surface area contributed by atoms with Gasteiger partial charge in [-0.05, 0) is 83.1 Å². The van der Waals surface area contributed by atoms with Crippen LogP contribution in [0.4, 0.5) is 0 Å². The first kappa shape index (κ1) is 121. The lowest BCUT2D eigenvalue weighted by Crippen LogP contribution is -1.95. The second-order valence-electron chi connectivity index (χ2n) is 16.2. The van der Waals surface area contributed by atoms with Crippen molar-refractivity contribution in [1.82, 2.24) is 0 Å². The molecule has 0 saturated carbocycles. The second-order valence-corrected chi connectivity index (χ2v) is 16.2. The Kier molecular flexibility index (Phi) is 172. The molecule has 0 bridgehead atoms. The van der Waals surface area contributed by atoms with E-state index in [4.69, 9.17) is 0 Å². The molecule has 0 aliphatic carbocycles. The van der Waals surface area contributed by atoms with E-state index in [1.165, 1.54) is 160 Å². The molecule has 0 atom stereocenters. The fourth-order valence-corrected chi connectivity index (χ4v) is 3.94. The van der Waals surface area contributed by atoms with E-state index in [2.05, 4.69) is 98.4 Å². The van der Waals surface area contributed by atoms with Gasteiger partial charge in [-0.2, -0.15) is 0 Å². The number of rotatable bonds is 21. The number of ether oxygens (including phenoxy) is 12. The Labute approximate surface area is 548 Å². The van der Waals surface area contributed by atoms with Gasteiger partial charge in [-0.15, -0.1) is 0 Å². The van der Waals surface area contributed by atoms with Crippen LogP contribution in [0.15, 0.2) is 0 Å². The SMILES string of the molecule is CCCCCC.CCCCCC.CCCCCC.CCOC(C)=O.CCOC(C)=O.CCOC(C)=O.CCOC(C)=O.CCOC(C)=O.CCOC(C)=O.CCOC(C)=O.CCOC(C)=O.CCOC(C)=O.CCOC(C)=O.CCOC(C)=O.CCOC(C)=O. The van der Waals surface area contributed by atoms with E-state index in [0.717, 1.165) is 0 Å². The largest absolute Gasteiger partial charge is 0.466 e. The molecule has 0 aliphatic heterocycles. The van der Waals surface area contributed by atoms with Gasteiger partial charge in [0.05, 0.1) is 79.3 Å².